The molecule has 2 N–H and O–H groups in total. The number of hydrogen-bond acceptors (Lipinski definition) is 8. The fourth-order valence-electron chi connectivity index (χ4n) is 6.31. The summed E-state index contributed by atoms with van der Waals surface area (Å²) in [5.41, 5.74) is 0.918. The summed E-state index contributed by atoms with van der Waals surface area (Å²) in [4.78, 5) is 38.0. The van der Waals surface area contributed by atoms with Gasteiger partial charge in [0.05, 0.1) is 37.9 Å². The quantitative estimate of drug-likeness (QED) is 0.190. The van der Waals surface area contributed by atoms with Crippen LogP contribution in [0.4, 0.5) is 24.7 Å². The molecule has 3 aromatic rings. The number of rotatable bonds is 15. The molecule has 0 spiro atoms. The standard InChI is InChI=1S/C36H44F3N5O5/c1-35(2,42-22-36(37,38)39)23-44(31-6-4-5-14-40-31)34(47)28-10-9-27(48-3)19-30(28)43-16-12-24(13-17-43)21-49-32-18-26(11-15-41-32)29(20-33(45)46)25-7-8-25/h4-6,9-11,14-15,18-19,24-25,29,42H,7-8,12-13,16-17,20-23H2,1-3H3,(H,45,46). The van der Waals surface area contributed by atoms with Gasteiger partial charge in [0.1, 0.15) is 11.6 Å². The van der Waals surface area contributed by atoms with Gasteiger partial charge in [-0.3, -0.25) is 14.5 Å². The minimum Gasteiger partial charge on any atom is -0.497 e. The fraction of sp³-hybridized carbons (Fsp3) is 0.500. The van der Waals surface area contributed by atoms with E-state index in [0.717, 1.165) is 31.2 Å². The number of amides is 1. The predicted octanol–water partition coefficient (Wildman–Crippen LogP) is 6.33. The summed E-state index contributed by atoms with van der Waals surface area (Å²) < 4.78 is 50.8. The van der Waals surface area contributed by atoms with Crippen LogP contribution in [0.15, 0.2) is 60.9 Å². The zero-order chi connectivity index (χ0) is 35.2. The van der Waals surface area contributed by atoms with Gasteiger partial charge in [0.15, 0.2) is 0 Å². The number of alkyl halides is 3. The Bertz CT molecular complexity index is 1580. The Morgan fingerprint density at radius 1 is 1.04 bits per heavy atom. The first-order chi connectivity index (χ1) is 23.3. The SMILES string of the molecule is COc1ccc(C(=O)N(CC(C)(C)NCC(F)(F)F)c2ccccn2)c(N2CCC(COc3cc(C(CC(=O)O)C4CC4)ccn3)CC2)c1. The molecule has 5 rings (SSSR count). The molecule has 0 bridgehead atoms. The Morgan fingerprint density at radius 2 is 1.80 bits per heavy atom. The number of ether oxygens (including phenoxy) is 2. The van der Waals surface area contributed by atoms with Gasteiger partial charge < -0.3 is 24.8 Å². The molecule has 264 valence electrons. The van der Waals surface area contributed by atoms with Gasteiger partial charge in [-0.25, -0.2) is 9.97 Å². The lowest BCUT2D eigenvalue weighted by atomic mass is 9.92. The van der Waals surface area contributed by atoms with Crippen LogP contribution in [0.3, 0.4) is 0 Å². The lowest BCUT2D eigenvalue weighted by molar-refractivity contribution is -0.137. The lowest BCUT2D eigenvalue weighted by Gasteiger charge is -2.36. The van der Waals surface area contributed by atoms with E-state index < -0.39 is 24.2 Å². The number of benzene rings is 1. The van der Waals surface area contributed by atoms with E-state index in [1.54, 1.807) is 63.7 Å². The molecule has 1 amide bonds. The van der Waals surface area contributed by atoms with Crippen LogP contribution < -0.4 is 24.6 Å². The first kappa shape index (κ1) is 35.9. The maximum Gasteiger partial charge on any atom is 0.401 e. The molecule has 1 unspecified atom stereocenters. The fourth-order valence-corrected chi connectivity index (χ4v) is 6.31. The molecule has 1 aliphatic heterocycles. The summed E-state index contributed by atoms with van der Waals surface area (Å²) in [7, 11) is 1.55. The summed E-state index contributed by atoms with van der Waals surface area (Å²) >= 11 is 0. The largest absolute Gasteiger partial charge is 0.497 e. The number of nitrogens with zero attached hydrogens (tertiary/aromatic N) is 4. The molecule has 1 aromatic carbocycles. The summed E-state index contributed by atoms with van der Waals surface area (Å²) in [6.45, 7) is 3.72. The van der Waals surface area contributed by atoms with Crippen molar-refractivity contribution in [2.75, 3.05) is 49.7 Å². The second-order valence-corrected chi connectivity index (χ2v) is 13.5. The molecular weight excluding hydrogens is 639 g/mol. The number of hydrogen-bond donors (Lipinski definition) is 2. The minimum absolute atomic E-state index is 0.0401. The highest BCUT2D eigenvalue weighted by atomic mass is 19.4. The van der Waals surface area contributed by atoms with Gasteiger partial charge in [-0.05, 0) is 93.2 Å². The van der Waals surface area contributed by atoms with Crippen LogP contribution in [0.2, 0.25) is 0 Å². The van der Waals surface area contributed by atoms with Gasteiger partial charge in [0.25, 0.3) is 5.91 Å². The van der Waals surface area contributed by atoms with Crippen molar-refractivity contribution in [3.05, 3.63) is 72.1 Å². The molecule has 13 heteroatoms. The molecule has 3 heterocycles. The third-order valence-electron chi connectivity index (χ3n) is 9.12. The smallest absolute Gasteiger partial charge is 0.401 e. The molecule has 1 atom stereocenters. The second-order valence-electron chi connectivity index (χ2n) is 13.5. The Labute approximate surface area is 284 Å². The summed E-state index contributed by atoms with van der Waals surface area (Å²) in [6.07, 6.45) is 2.54. The Hall–Kier alpha value is -4.39. The summed E-state index contributed by atoms with van der Waals surface area (Å²) in [5, 5.41) is 11.9. The van der Waals surface area contributed by atoms with E-state index in [0.29, 0.717) is 54.3 Å². The minimum atomic E-state index is -4.40. The van der Waals surface area contributed by atoms with E-state index in [-0.39, 0.29) is 30.7 Å². The third kappa shape index (κ3) is 10.1. The highest BCUT2D eigenvalue weighted by molar-refractivity contribution is 6.09. The summed E-state index contributed by atoms with van der Waals surface area (Å²) in [5.74, 6) is 0.772. The third-order valence-corrected chi connectivity index (χ3v) is 9.12. The lowest BCUT2D eigenvalue weighted by Crippen LogP contribution is -2.53. The van der Waals surface area contributed by atoms with Gasteiger partial charge in [-0.15, -0.1) is 0 Å². The predicted molar refractivity (Wildman–Crippen MR) is 179 cm³/mol. The molecule has 1 saturated carbocycles. The number of methoxy groups -OCH3 is 1. The molecule has 0 radical (unpaired) electrons. The van der Waals surface area contributed by atoms with Crippen molar-refractivity contribution in [2.45, 2.75) is 63.6 Å². The Kier molecular flexibility index (Phi) is 11.3. The highest BCUT2D eigenvalue weighted by Crippen LogP contribution is 2.45. The summed E-state index contributed by atoms with van der Waals surface area (Å²) in [6, 6.07) is 14.0. The van der Waals surface area contributed by atoms with Crippen molar-refractivity contribution in [3.8, 4) is 11.6 Å². The van der Waals surface area contributed by atoms with Crippen molar-refractivity contribution < 1.29 is 37.3 Å². The molecule has 2 aliphatic rings. The number of halogens is 3. The number of carbonyl (C=O) groups excluding carboxylic acids is 1. The maximum absolute atomic E-state index is 14.3. The zero-order valence-corrected chi connectivity index (χ0v) is 28.1. The molecule has 2 fully saturated rings. The number of aliphatic carboxylic acids is 1. The van der Waals surface area contributed by atoms with Crippen LogP contribution in [0.25, 0.3) is 0 Å². The van der Waals surface area contributed by atoms with Crippen LogP contribution in [-0.4, -0.2) is 78.6 Å². The molecule has 1 saturated heterocycles. The number of aromatic nitrogens is 2. The Morgan fingerprint density at radius 3 is 2.43 bits per heavy atom. The molecular formula is C36H44F3N5O5. The van der Waals surface area contributed by atoms with E-state index in [2.05, 4.69) is 20.2 Å². The van der Waals surface area contributed by atoms with E-state index in [1.165, 1.54) is 4.90 Å². The van der Waals surface area contributed by atoms with Gasteiger partial charge in [0, 0.05) is 49.7 Å². The van der Waals surface area contributed by atoms with Crippen LogP contribution in [0.1, 0.15) is 67.8 Å². The number of carbonyl (C=O) groups is 2. The van der Waals surface area contributed by atoms with E-state index >= 15 is 0 Å². The monoisotopic (exact) mass is 683 g/mol. The van der Waals surface area contributed by atoms with Crippen molar-refractivity contribution in [2.24, 2.45) is 11.8 Å². The van der Waals surface area contributed by atoms with E-state index in [4.69, 9.17) is 9.47 Å². The number of carboxylic acid groups (broad SMARTS) is 1. The van der Waals surface area contributed by atoms with Gasteiger partial charge in [-0.2, -0.15) is 13.2 Å². The van der Waals surface area contributed by atoms with E-state index in [9.17, 15) is 27.9 Å². The number of anilines is 2. The molecule has 2 aromatic heterocycles. The van der Waals surface area contributed by atoms with E-state index in [1.807, 2.05) is 18.2 Å². The zero-order valence-electron chi connectivity index (χ0n) is 28.1. The van der Waals surface area contributed by atoms with Crippen molar-refractivity contribution in [3.63, 3.8) is 0 Å². The number of piperidine rings is 1. The van der Waals surface area contributed by atoms with Crippen LogP contribution >= 0.6 is 0 Å². The van der Waals surface area contributed by atoms with Crippen molar-refractivity contribution >= 4 is 23.4 Å². The first-order valence-electron chi connectivity index (χ1n) is 16.6. The average molecular weight is 684 g/mol. The van der Waals surface area contributed by atoms with Crippen LogP contribution in [0.5, 0.6) is 11.6 Å². The van der Waals surface area contributed by atoms with Gasteiger partial charge in [0.2, 0.25) is 5.88 Å². The van der Waals surface area contributed by atoms with Gasteiger partial charge >= 0.3 is 12.1 Å². The topological polar surface area (TPSA) is 117 Å². The van der Waals surface area contributed by atoms with Crippen molar-refractivity contribution in [1.82, 2.24) is 15.3 Å². The molecule has 49 heavy (non-hydrogen) atoms. The molecule has 1 aliphatic carbocycles. The van der Waals surface area contributed by atoms with Gasteiger partial charge in [-0.1, -0.05) is 6.07 Å². The number of carboxylic acids is 1. The second kappa shape index (κ2) is 15.4. The van der Waals surface area contributed by atoms with Crippen LogP contribution in [-0.2, 0) is 4.79 Å². The number of nitrogens with one attached hydrogen (secondary N) is 1. The normalized spacial score (nSPS) is 16.2. The number of pyridine rings is 2. The highest BCUT2D eigenvalue weighted by Gasteiger charge is 2.36. The van der Waals surface area contributed by atoms with Crippen molar-refractivity contribution in [1.29, 1.82) is 0 Å². The average Bonchev–Trinajstić information content (AvgIpc) is 3.93. The first-order valence-corrected chi connectivity index (χ1v) is 16.6. The Balaban J connectivity index is 1.28. The maximum atomic E-state index is 14.3. The molecule has 10 nitrogen and oxygen atoms in total. The van der Waals surface area contributed by atoms with Crippen LogP contribution in [0, 0.1) is 11.8 Å².